The highest BCUT2D eigenvalue weighted by Gasteiger charge is 1.99. The van der Waals surface area contributed by atoms with Gasteiger partial charge in [0.2, 0.25) is 0 Å². The molecule has 2 aromatic carbocycles. The van der Waals surface area contributed by atoms with Crippen LogP contribution in [0.4, 0.5) is 0 Å². The normalized spacial score (nSPS) is 10.9. The Morgan fingerprint density at radius 1 is 1.00 bits per heavy atom. The first-order valence-corrected chi connectivity index (χ1v) is 7.03. The molecule has 0 saturated heterocycles. The van der Waals surface area contributed by atoms with Gasteiger partial charge in [-0.1, -0.05) is 66.2 Å². The number of nitrogens with one attached hydrogen (secondary N) is 1. The summed E-state index contributed by atoms with van der Waals surface area (Å²) in [5, 5.41) is 3.42. The van der Waals surface area contributed by atoms with Crippen molar-refractivity contribution in [1.82, 2.24) is 5.32 Å². The summed E-state index contributed by atoms with van der Waals surface area (Å²) in [6, 6.07) is 17.6. The Hall–Kier alpha value is -1.12. The van der Waals surface area contributed by atoms with Gasteiger partial charge in [0.1, 0.15) is 0 Å². The first-order valence-electron chi connectivity index (χ1n) is 6.23. The molecule has 2 rings (SSSR count). The zero-order valence-corrected chi connectivity index (χ0v) is 12.4. The van der Waals surface area contributed by atoms with Gasteiger partial charge in [-0.3, -0.25) is 0 Å². The fourth-order valence-electron chi connectivity index (χ4n) is 1.81. The van der Waals surface area contributed by atoms with E-state index in [1.807, 2.05) is 6.07 Å². The molecule has 0 heterocycles. The van der Waals surface area contributed by atoms with Crippen molar-refractivity contribution in [2.75, 3.05) is 0 Å². The van der Waals surface area contributed by atoms with Crippen LogP contribution in [0.2, 0.25) is 0 Å². The average Bonchev–Trinajstić information content (AvgIpc) is 2.37. The van der Waals surface area contributed by atoms with Gasteiger partial charge in [-0.25, -0.2) is 0 Å². The average molecular weight is 304 g/mol. The lowest BCUT2D eigenvalue weighted by Crippen LogP contribution is -2.21. The standard InChI is InChI=1S/C16H18BrN/c1-12(2)18-11-13-6-8-14(9-7-13)15-4-3-5-16(17)10-15/h3-10,12,18H,11H2,1-2H3. The maximum absolute atomic E-state index is 3.50. The molecule has 0 aromatic heterocycles. The van der Waals surface area contributed by atoms with E-state index in [0.717, 1.165) is 11.0 Å². The monoisotopic (exact) mass is 303 g/mol. The van der Waals surface area contributed by atoms with Crippen LogP contribution in [0.15, 0.2) is 53.0 Å². The van der Waals surface area contributed by atoms with Crippen molar-refractivity contribution < 1.29 is 0 Å². The summed E-state index contributed by atoms with van der Waals surface area (Å²) in [7, 11) is 0. The molecule has 0 aliphatic carbocycles. The zero-order chi connectivity index (χ0) is 13.0. The summed E-state index contributed by atoms with van der Waals surface area (Å²) in [5.74, 6) is 0. The molecule has 0 saturated carbocycles. The summed E-state index contributed by atoms with van der Waals surface area (Å²) >= 11 is 3.50. The van der Waals surface area contributed by atoms with Gasteiger partial charge in [-0.05, 0) is 28.8 Å². The van der Waals surface area contributed by atoms with Gasteiger partial charge in [0.15, 0.2) is 0 Å². The van der Waals surface area contributed by atoms with Crippen molar-refractivity contribution in [3.8, 4) is 11.1 Å². The van der Waals surface area contributed by atoms with E-state index in [9.17, 15) is 0 Å². The van der Waals surface area contributed by atoms with E-state index in [0.29, 0.717) is 6.04 Å². The topological polar surface area (TPSA) is 12.0 Å². The number of hydrogen-bond acceptors (Lipinski definition) is 1. The van der Waals surface area contributed by atoms with Crippen molar-refractivity contribution in [2.24, 2.45) is 0 Å². The van der Waals surface area contributed by atoms with Gasteiger partial charge >= 0.3 is 0 Å². The fourth-order valence-corrected chi connectivity index (χ4v) is 2.20. The molecule has 94 valence electrons. The number of benzene rings is 2. The van der Waals surface area contributed by atoms with E-state index in [4.69, 9.17) is 0 Å². The molecule has 0 radical (unpaired) electrons. The summed E-state index contributed by atoms with van der Waals surface area (Å²) < 4.78 is 1.12. The first kappa shape index (κ1) is 13.3. The van der Waals surface area contributed by atoms with Gasteiger partial charge in [0.25, 0.3) is 0 Å². The Morgan fingerprint density at radius 2 is 1.72 bits per heavy atom. The second-order valence-electron chi connectivity index (χ2n) is 4.74. The Bertz CT molecular complexity index is 503. The van der Waals surface area contributed by atoms with Gasteiger partial charge in [0, 0.05) is 17.1 Å². The van der Waals surface area contributed by atoms with Crippen LogP contribution in [0.25, 0.3) is 11.1 Å². The molecular formula is C16H18BrN. The summed E-state index contributed by atoms with van der Waals surface area (Å²) in [6.45, 7) is 5.25. The minimum absolute atomic E-state index is 0.523. The SMILES string of the molecule is CC(C)NCc1ccc(-c2cccc(Br)c2)cc1. The molecule has 0 unspecified atom stereocenters. The second-order valence-corrected chi connectivity index (χ2v) is 5.66. The molecule has 0 spiro atoms. The molecule has 1 N–H and O–H groups in total. The van der Waals surface area contributed by atoms with Crippen LogP contribution in [0.5, 0.6) is 0 Å². The number of rotatable bonds is 4. The highest BCUT2D eigenvalue weighted by Crippen LogP contribution is 2.23. The Labute approximate surface area is 117 Å². The van der Waals surface area contributed by atoms with E-state index in [1.165, 1.54) is 16.7 Å². The molecule has 0 atom stereocenters. The smallest absolute Gasteiger partial charge is 0.0207 e. The molecule has 0 fully saturated rings. The van der Waals surface area contributed by atoms with Gasteiger partial charge < -0.3 is 5.32 Å². The van der Waals surface area contributed by atoms with Crippen molar-refractivity contribution >= 4 is 15.9 Å². The third-order valence-corrected chi connectivity index (χ3v) is 3.32. The first-order chi connectivity index (χ1) is 8.65. The van der Waals surface area contributed by atoms with Crippen molar-refractivity contribution in [1.29, 1.82) is 0 Å². The lowest BCUT2D eigenvalue weighted by Gasteiger charge is -2.09. The summed E-state index contributed by atoms with van der Waals surface area (Å²) in [4.78, 5) is 0. The highest BCUT2D eigenvalue weighted by molar-refractivity contribution is 9.10. The van der Waals surface area contributed by atoms with E-state index >= 15 is 0 Å². The molecule has 0 aliphatic heterocycles. The van der Waals surface area contributed by atoms with Crippen molar-refractivity contribution in [3.63, 3.8) is 0 Å². The van der Waals surface area contributed by atoms with Gasteiger partial charge in [-0.2, -0.15) is 0 Å². The largest absolute Gasteiger partial charge is 0.310 e. The van der Waals surface area contributed by atoms with Gasteiger partial charge in [0.05, 0.1) is 0 Å². The molecule has 2 heteroatoms. The predicted molar refractivity (Wildman–Crippen MR) is 81.6 cm³/mol. The number of hydrogen-bond donors (Lipinski definition) is 1. The molecule has 18 heavy (non-hydrogen) atoms. The lowest BCUT2D eigenvalue weighted by molar-refractivity contribution is 0.589. The zero-order valence-electron chi connectivity index (χ0n) is 10.8. The Morgan fingerprint density at radius 3 is 2.33 bits per heavy atom. The second kappa shape index (κ2) is 6.17. The van der Waals surface area contributed by atoms with Crippen LogP contribution in [0, 0.1) is 0 Å². The van der Waals surface area contributed by atoms with Crippen LogP contribution >= 0.6 is 15.9 Å². The minimum Gasteiger partial charge on any atom is -0.310 e. The maximum Gasteiger partial charge on any atom is 0.0207 e. The number of halogens is 1. The maximum atomic E-state index is 3.50. The quantitative estimate of drug-likeness (QED) is 0.869. The third kappa shape index (κ3) is 3.69. The van der Waals surface area contributed by atoms with E-state index in [2.05, 4.69) is 77.6 Å². The minimum atomic E-state index is 0.523. The Balaban J connectivity index is 2.12. The van der Waals surface area contributed by atoms with Crippen LogP contribution in [0.3, 0.4) is 0 Å². The van der Waals surface area contributed by atoms with Crippen LogP contribution < -0.4 is 5.32 Å². The van der Waals surface area contributed by atoms with E-state index in [1.54, 1.807) is 0 Å². The third-order valence-electron chi connectivity index (χ3n) is 2.83. The van der Waals surface area contributed by atoms with Crippen LogP contribution in [-0.4, -0.2) is 6.04 Å². The summed E-state index contributed by atoms with van der Waals surface area (Å²) in [5.41, 5.74) is 3.82. The van der Waals surface area contributed by atoms with E-state index in [-0.39, 0.29) is 0 Å². The summed E-state index contributed by atoms with van der Waals surface area (Å²) in [6.07, 6.45) is 0. The molecule has 0 bridgehead atoms. The molecule has 2 aromatic rings. The Kier molecular flexibility index (Phi) is 4.56. The van der Waals surface area contributed by atoms with Gasteiger partial charge in [-0.15, -0.1) is 0 Å². The fraction of sp³-hybridized carbons (Fsp3) is 0.250. The molecular weight excluding hydrogens is 286 g/mol. The van der Waals surface area contributed by atoms with Crippen LogP contribution in [0.1, 0.15) is 19.4 Å². The lowest BCUT2D eigenvalue weighted by atomic mass is 10.0. The highest BCUT2D eigenvalue weighted by atomic mass is 79.9. The molecule has 1 nitrogen and oxygen atoms in total. The molecule has 0 amide bonds. The van der Waals surface area contributed by atoms with Crippen molar-refractivity contribution in [2.45, 2.75) is 26.4 Å². The molecule has 0 aliphatic rings. The van der Waals surface area contributed by atoms with Crippen molar-refractivity contribution in [3.05, 3.63) is 58.6 Å². The van der Waals surface area contributed by atoms with Crippen LogP contribution in [-0.2, 0) is 6.54 Å². The predicted octanol–water partition coefficient (Wildman–Crippen LogP) is 4.61. The van der Waals surface area contributed by atoms with E-state index < -0.39 is 0 Å².